The third-order valence-electron chi connectivity index (χ3n) is 7.45. The monoisotopic (exact) mass is 647 g/mol. The number of anilines is 1. The molecule has 5 rings (SSSR count). The lowest BCUT2D eigenvalue weighted by atomic mass is 9.94. The van der Waals surface area contributed by atoms with Gasteiger partial charge in [-0.2, -0.15) is 11.8 Å². The zero-order valence-electron chi connectivity index (χ0n) is 27.7. The first-order valence-electron chi connectivity index (χ1n) is 16.2. The van der Waals surface area contributed by atoms with Gasteiger partial charge in [-0.05, 0) is 73.9 Å². The molecule has 45 heavy (non-hydrogen) atoms. The molecule has 0 amide bonds. The fraction of sp³-hybridized carbons (Fsp3) is 0.395. The zero-order valence-corrected chi connectivity index (χ0v) is 29.3. The quantitative estimate of drug-likeness (QED) is 0.131. The fourth-order valence-corrected chi connectivity index (χ4v) is 5.82. The van der Waals surface area contributed by atoms with E-state index in [0.717, 1.165) is 80.5 Å². The number of rotatable bonds is 10. The molecule has 0 saturated carbocycles. The Balaban J connectivity index is 0.000000301. The van der Waals surface area contributed by atoms with Gasteiger partial charge in [0.2, 0.25) is 0 Å². The average molecular weight is 648 g/mol. The van der Waals surface area contributed by atoms with E-state index >= 15 is 0 Å². The molecule has 0 bridgehead atoms. The average Bonchev–Trinajstić information content (AvgIpc) is 3.61. The summed E-state index contributed by atoms with van der Waals surface area (Å²) in [6.45, 7) is 16.3. The van der Waals surface area contributed by atoms with Crippen LogP contribution >= 0.6 is 23.4 Å². The highest BCUT2D eigenvalue weighted by Gasteiger charge is 2.23. The Morgan fingerprint density at radius 3 is 2.11 bits per heavy atom. The van der Waals surface area contributed by atoms with Crippen LogP contribution in [-0.4, -0.2) is 56.6 Å². The van der Waals surface area contributed by atoms with E-state index in [1.807, 2.05) is 62.0 Å². The minimum atomic E-state index is 0.584. The van der Waals surface area contributed by atoms with Crippen molar-refractivity contribution in [2.24, 2.45) is 5.92 Å². The Hall–Kier alpha value is -3.03. The van der Waals surface area contributed by atoms with Gasteiger partial charge in [-0.15, -0.1) is 0 Å². The van der Waals surface area contributed by atoms with E-state index in [1.54, 1.807) is 0 Å². The SMILES string of the molecule is C=C(Nc1cccc(Cl)c1)/C(CC1CCNC1)=C(\C=N)N1CCNCC1.CC.CCc1ccccc1.CSCc1ccccc1. The van der Waals surface area contributed by atoms with E-state index in [2.05, 4.69) is 89.1 Å². The van der Waals surface area contributed by atoms with Gasteiger partial charge in [-0.1, -0.05) is 106 Å². The summed E-state index contributed by atoms with van der Waals surface area (Å²) in [5.74, 6) is 1.71. The van der Waals surface area contributed by atoms with Crippen LogP contribution in [0.1, 0.15) is 44.7 Å². The standard InChI is InChI=1S/C20H28ClN5.C8H10S.C8H10.C2H6/c1-15(25-18-4-2-3-17(21)12-18)19(11-16-5-6-24-14-16)20(13-22)26-9-7-23-8-10-26;1-9-7-8-5-3-2-4-6-8;1-2-8-6-4-3-5-7-8;1-2/h2-4,12-13,16,22-25H,1,5-11,14H2;2-6H,7H2,1H3;3-7H,2H2,1H3;1-2H3/b20-19+,22-13?;;;. The fourth-order valence-electron chi connectivity index (χ4n) is 5.11. The molecule has 2 heterocycles. The van der Waals surface area contributed by atoms with Crippen molar-refractivity contribution in [3.05, 3.63) is 125 Å². The van der Waals surface area contributed by atoms with Crippen molar-refractivity contribution < 1.29 is 0 Å². The number of thioether (sulfide) groups is 1. The molecule has 244 valence electrons. The predicted molar refractivity (Wildman–Crippen MR) is 201 cm³/mol. The highest BCUT2D eigenvalue weighted by molar-refractivity contribution is 7.97. The summed E-state index contributed by atoms with van der Waals surface area (Å²) >= 11 is 7.97. The number of allylic oxidation sites excluding steroid dienone is 2. The van der Waals surface area contributed by atoms with Crippen molar-refractivity contribution in [1.82, 2.24) is 15.5 Å². The molecule has 0 aromatic heterocycles. The molecular weight excluding hydrogens is 594 g/mol. The number of nitrogens with one attached hydrogen (secondary N) is 4. The van der Waals surface area contributed by atoms with Crippen LogP contribution in [0.4, 0.5) is 5.69 Å². The van der Waals surface area contributed by atoms with Crippen molar-refractivity contribution in [2.45, 2.75) is 45.8 Å². The first-order chi connectivity index (χ1) is 22.0. The molecule has 7 heteroatoms. The molecular formula is C38H54ClN5S. The van der Waals surface area contributed by atoms with Crippen LogP contribution in [0.2, 0.25) is 5.02 Å². The zero-order chi connectivity index (χ0) is 32.7. The number of piperazine rings is 1. The molecule has 2 aliphatic heterocycles. The Bertz CT molecular complexity index is 1250. The van der Waals surface area contributed by atoms with Gasteiger partial charge in [0.15, 0.2) is 0 Å². The normalized spacial score (nSPS) is 15.9. The minimum absolute atomic E-state index is 0.584. The van der Waals surface area contributed by atoms with E-state index in [9.17, 15) is 0 Å². The highest BCUT2D eigenvalue weighted by Crippen LogP contribution is 2.28. The maximum atomic E-state index is 8.06. The number of halogens is 1. The largest absolute Gasteiger partial charge is 0.367 e. The van der Waals surface area contributed by atoms with Crippen LogP contribution in [0, 0.1) is 11.3 Å². The first-order valence-corrected chi connectivity index (χ1v) is 18.0. The molecule has 2 saturated heterocycles. The number of nitrogens with zero attached hydrogens (tertiary/aromatic N) is 1. The molecule has 3 aromatic rings. The molecule has 0 spiro atoms. The predicted octanol–water partition coefficient (Wildman–Crippen LogP) is 8.90. The van der Waals surface area contributed by atoms with Gasteiger partial charge >= 0.3 is 0 Å². The lowest BCUT2D eigenvalue weighted by molar-refractivity contribution is 0.309. The van der Waals surface area contributed by atoms with Gasteiger partial charge in [0.05, 0.1) is 5.70 Å². The second-order valence-electron chi connectivity index (χ2n) is 10.7. The smallest absolute Gasteiger partial charge is 0.0599 e. The lowest BCUT2D eigenvalue weighted by Gasteiger charge is -2.32. The van der Waals surface area contributed by atoms with Gasteiger partial charge in [0, 0.05) is 60.1 Å². The van der Waals surface area contributed by atoms with Crippen LogP contribution in [0.25, 0.3) is 0 Å². The molecule has 2 aliphatic rings. The summed E-state index contributed by atoms with van der Waals surface area (Å²) in [6, 6.07) is 28.6. The third kappa shape index (κ3) is 14.7. The summed E-state index contributed by atoms with van der Waals surface area (Å²) < 4.78 is 0. The van der Waals surface area contributed by atoms with Crippen LogP contribution in [0.15, 0.2) is 108 Å². The van der Waals surface area contributed by atoms with Crippen molar-refractivity contribution >= 4 is 35.3 Å². The van der Waals surface area contributed by atoms with E-state index in [4.69, 9.17) is 17.0 Å². The van der Waals surface area contributed by atoms with Crippen LogP contribution < -0.4 is 16.0 Å². The Labute approximate surface area is 282 Å². The topological polar surface area (TPSA) is 63.2 Å². The summed E-state index contributed by atoms with van der Waals surface area (Å²) in [4.78, 5) is 2.30. The van der Waals surface area contributed by atoms with Gasteiger partial charge in [0.1, 0.15) is 0 Å². The summed E-state index contributed by atoms with van der Waals surface area (Å²) in [7, 11) is 0. The molecule has 5 nitrogen and oxygen atoms in total. The molecule has 0 radical (unpaired) electrons. The van der Waals surface area contributed by atoms with Gasteiger partial charge in [-0.25, -0.2) is 0 Å². The maximum Gasteiger partial charge on any atom is 0.0599 e. The first kappa shape index (κ1) is 38.2. The van der Waals surface area contributed by atoms with Crippen molar-refractivity contribution in [3.63, 3.8) is 0 Å². The van der Waals surface area contributed by atoms with E-state index in [-0.39, 0.29) is 0 Å². The number of aryl methyl sites for hydroxylation is 1. The van der Waals surface area contributed by atoms with Crippen molar-refractivity contribution in [3.8, 4) is 0 Å². The lowest BCUT2D eigenvalue weighted by Crippen LogP contribution is -2.43. The van der Waals surface area contributed by atoms with E-state index in [0.29, 0.717) is 10.9 Å². The summed E-state index contributed by atoms with van der Waals surface area (Å²) in [5, 5.41) is 19.0. The van der Waals surface area contributed by atoms with Crippen molar-refractivity contribution in [1.29, 1.82) is 5.41 Å². The maximum absolute atomic E-state index is 8.06. The second kappa shape index (κ2) is 23.3. The van der Waals surface area contributed by atoms with E-state index in [1.165, 1.54) is 23.8 Å². The van der Waals surface area contributed by atoms with Crippen LogP contribution in [0.3, 0.4) is 0 Å². The van der Waals surface area contributed by atoms with Gasteiger partial charge in [0.25, 0.3) is 0 Å². The van der Waals surface area contributed by atoms with Gasteiger partial charge < -0.3 is 26.3 Å². The molecule has 2 fully saturated rings. The highest BCUT2D eigenvalue weighted by atomic mass is 35.5. The minimum Gasteiger partial charge on any atom is -0.367 e. The summed E-state index contributed by atoms with van der Waals surface area (Å²) in [5.41, 5.74) is 6.72. The number of benzene rings is 3. The third-order valence-corrected chi connectivity index (χ3v) is 8.30. The van der Waals surface area contributed by atoms with Gasteiger partial charge in [-0.3, -0.25) is 0 Å². The number of hydrogen-bond donors (Lipinski definition) is 4. The number of hydrogen-bond acceptors (Lipinski definition) is 6. The Morgan fingerprint density at radius 2 is 1.60 bits per heavy atom. The second-order valence-corrected chi connectivity index (χ2v) is 12.0. The summed E-state index contributed by atoms with van der Waals surface area (Å²) in [6.07, 6.45) is 6.84. The Morgan fingerprint density at radius 1 is 0.956 bits per heavy atom. The molecule has 3 aromatic carbocycles. The van der Waals surface area contributed by atoms with Crippen molar-refractivity contribution in [2.75, 3.05) is 50.8 Å². The molecule has 4 N–H and O–H groups in total. The Kier molecular flexibility index (Phi) is 19.8. The van der Waals surface area contributed by atoms with E-state index < -0.39 is 0 Å². The van der Waals surface area contributed by atoms with Crippen LogP contribution in [-0.2, 0) is 12.2 Å². The molecule has 1 atom stereocenters. The molecule has 1 unspecified atom stereocenters. The van der Waals surface area contributed by atoms with Crippen LogP contribution in [0.5, 0.6) is 0 Å². The molecule has 0 aliphatic carbocycles.